The number of hydrogen-bond acceptors (Lipinski definition) is 3. The van der Waals surface area contributed by atoms with E-state index in [4.69, 9.17) is 5.73 Å². The molecular formula is C15H29N3O2. The molecule has 5 nitrogen and oxygen atoms in total. The van der Waals surface area contributed by atoms with Crippen molar-refractivity contribution in [3.63, 3.8) is 0 Å². The van der Waals surface area contributed by atoms with Crippen LogP contribution >= 0.6 is 0 Å². The van der Waals surface area contributed by atoms with Crippen LogP contribution in [0.5, 0.6) is 0 Å². The fraction of sp³-hybridized carbons (Fsp3) is 0.867. The molecule has 0 radical (unpaired) electrons. The zero-order chi connectivity index (χ0) is 15.3. The van der Waals surface area contributed by atoms with Crippen molar-refractivity contribution in [2.75, 3.05) is 19.6 Å². The van der Waals surface area contributed by atoms with Gasteiger partial charge in [-0.25, -0.2) is 0 Å². The molecule has 2 atom stereocenters. The first-order valence-electron chi connectivity index (χ1n) is 7.60. The SMILES string of the molecule is CCC(C)C(=O)N1CCCC(C(=O)NCC(C)(C)N)C1. The molecular weight excluding hydrogens is 254 g/mol. The Morgan fingerprint density at radius 3 is 2.65 bits per heavy atom. The van der Waals surface area contributed by atoms with Crippen molar-refractivity contribution in [2.24, 2.45) is 17.6 Å². The summed E-state index contributed by atoms with van der Waals surface area (Å²) in [5.74, 6) is 0.133. The van der Waals surface area contributed by atoms with E-state index in [1.54, 1.807) is 0 Å². The van der Waals surface area contributed by atoms with Gasteiger partial charge in [-0.1, -0.05) is 13.8 Å². The van der Waals surface area contributed by atoms with Crippen molar-refractivity contribution in [3.8, 4) is 0 Å². The highest BCUT2D eigenvalue weighted by Crippen LogP contribution is 2.19. The molecule has 1 rings (SSSR count). The smallest absolute Gasteiger partial charge is 0.225 e. The summed E-state index contributed by atoms with van der Waals surface area (Å²) in [7, 11) is 0. The van der Waals surface area contributed by atoms with Gasteiger partial charge in [-0.3, -0.25) is 9.59 Å². The van der Waals surface area contributed by atoms with Crippen molar-refractivity contribution < 1.29 is 9.59 Å². The Balaban J connectivity index is 2.52. The second-order valence-corrected chi connectivity index (χ2v) is 6.64. The third kappa shape index (κ3) is 5.12. The number of carbonyl (C=O) groups is 2. The predicted molar refractivity (Wildman–Crippen MR) is 80.0 cm³/mol. The Morgan fingerprint density at radius 2 is 2.10 bits per heavy atom. The molecule has 3 N–H and O–H groups in total. The van der Waals surface area contributed by atoms with Crippen LogP contribution in [0.3, 0.4) is 0 Å². The first kappa shape index (κ1) is 17.0. The largest absolute Gasteiger partial charge is 0.354 e. The van der Waals surface area contributed by atoms with Crippen molar-refractivity contribution in [1.82, 2.24) is 10.2 Å². The number of amides is 2. The van der Waals surface area contributed by atoms with Crippen molar-refractivity contribution in [2.45, 2.75) is 52.5 Å². The van der Waals surface area contributed by atoms with Gasteiger partial charge in [-0.05, 0) is 33.1 Å². The first-order chi connectivity index (χ1) is 9.24. The highest BCUT2D eigenvalue weighted by atomic mass is 16.2. The van der Waals surface area contributed by atoms with Crippen LogP contribution in [0.1, 0.15) is 47.0 Å². The highest BCUT2D eigenvalue weighted by Gasteiger charge is 2.30. The average Bonchev–Trinajstić information content (AvgIpc) is 2.42. The fourth-order valence-electron chi connectivity index (χ4n) is 2.34. The van der Waals surface area contributed by atoms with Crippen LogP contribution < -0.4 is 11.1 Å². The second-order valence-electron chi connectivity index (χ2n) is 6.64. The van der Waals surface area contributed by atoms with Gasteiger partial charge in [0.15, 0.2) is 0 Å². The summed E-state index contributed by atoms with van der Waals surface area (Å²) in [6.45, 7) is 9.50. The molecule has 5 heteroatoms. The molecule has 0 aromatic heterocycles. The Hall–Kier alpha value is -1.10. The summed E-state index contributed by atoms with van der Waals surface area (Å²) in [4.78, 5) is 26.2. The van der Waals surface area contributed by atoms with E-state index >= 15 is 0 Å². The van der Waals surface area contributed by atoms with Crippen LogP contribution in [0.15, 0.2) is 0 Å². The van der Waals surface area contributed by atoms with Crippen molar-refractivity contribution >= 4 is 11.8 Å². The minimum absolute atomic E-state index is 0.0187. The van der Waals surface area contributed by atoms with Crippen LogP contribution in [0.25, 0.3) is 0 Å². The number of likely N-dealkylation sites (tertiary alicyclic amines) is 1. The number of carbonyl (C=O) groups excluding carboxylic acids is 2. The highest BCUT2D eigenvalue weighted by molar-refractivity contribution is 5.82. The third-order valence-corrected chi connectivity index (χ3v) is 3.86. The lowest BCUT2D eigenvalue weighted by Crippen LogP contribution is -2.50. The van der Waals surface area contributed by atoms with Crippen LogP contribution in [0.2, 0.25) is 0 Å². The number of hydrogen-bond donors (Lipinski definition) is 2. The molecule has 0 aliphatic carbocycles. The van der Waals surface area contributed by atoms with Crippen molar-refractivity contribution in [3.05, 3.63) is 0 Å². The number of rotatable bonds is 5. The van der Waals surface area contributed by atoms with Gasteiger partial charge >= 0.3 is 0 Å². The van der Waals surface area contributed by atoms with E-state index in [9.17, 15) is 9.59 Å². The summed E-state index contributed by atoms with van der Waals surface area (Å²) < 4.78 is 0. The third-order valence-electron chi connectivity index (χ3n) is 3.86. The summed E-state index contributed by atoms with van der Waals surface area (Å²) in [5.41, 5.74) is 5.46. The maximum Gasteiger partial charge on any atom is 0.225 e. The molecule has 1 fully saturated rings. The van der Waals surface area contributed by atoms with E-state index in [2.05, 4.69) is 5.32 Å². The summed E-state index contributed by atoms with van der Waals surface area (Å²) in [6, 6.07) is 0. The fourth-order valence-corrected chi connectivity index (χ4v) is 2.34. The molecule has 0 spiro atoms. The molecule has 0 saturated carbocycles. The monoisotopic (exact) mass is 283 g/mol. The van der Waals surface area contributed by atoms with Gasteiger partial charge in [0, 0.05) is 31.1 Å². The van der Waals surface area contributed by atoms with Crippen molar-refractivity contribution in [1.29, 1.82) is 0 Å². The molecule has 2 unspecified atom stereocenters. The van der Waals surface area contributed by atoms with Gasteiger partial charge in [0.2, 0.25) is 11.8 Å². The van der Waals surface area contributed by atoms with E-state index in [1.165, 1.54) is 0 Å². The maximum atomic E-state index is 12.2. The lowest BCUT2D eigenvalue weighted by Gasteiger charge is -2.34. The van der Waals surface area contributed by atoms with Crippen LogP contribution in [-0.4, -0.2) is 41.9 Å². The van der Waals surface area contributed by atoms with E-state index in [0.717, 1.165) is 25.8 Å². The zero-order valence-corrected chi connectivity index (χ0v) is 13.2. The van der Waals surface area contributed by atoms with E-state index in [-0.39, 0.29) is 23.7 Å². The van der Waals surface area contributed by atoms with Gasteiger partial charge in [-0.15, -0.1) is 0 Å². The molecule has 116 valence electrons. The molecule has 20 heavy (non-hydrogen) atoms. The molecule has 1 saturated heterocycles. The van der Waals surface area contributed by atoms with Crippen LogP contribution in [0.4, 0.5) is 0 Å². The predicted octanol–water partition coefficient (Wildman–Crippen LogP) is 1.12. The molecule has 0 aromatic rings. The van der Waals surface area contributed by atoms with E-state index in [0.29, 0.717) is 13.1 Å². The van der Waals surface area contributed by atoms with Crippen LogP contribution in [-0.2, 0) is 9.59 Å². The topological polar surface area (TPSA) is 75.4 Å². The minimum atomic E-state index is -0.406. The lowest BCUT2D eigenvalue weighted by molar-refractivity contribution is -0.139. The minimum Gasteiger partial charge on any atom is -0.354 e. The molecule has 0 aromatic carbocycles. The van der Waals surface area contributed by atoms with E-state index in [1.807, 2.05) is 32.6 Å². The molecule has 0 bridgehead atoms. The summed E-state index contributed by atoms with van der Waals surface area (Å²) >= 11 is 0. The number of nitrogens with one attached hydrogen (secondary N) is 1. The van der Waals surface area contributed by atoms with Crippen LogP contribution in [0, 0.1) is 11.8 Å². The second kappa shape index (κ2) is 7.07. The van der Waals surface area contributed by atoms with Gasteiger partial charge in [-0.2, -0.15) is 0 Å². The lowest BCUT2D eigenvalue weighted by atomic mass is 9.95. The van der Waals surface area contributed by atoms with Gasteiger partial charge in [0.25, 0.3) is 0 Å². The zero-order valence-electron chi connectivity index (χ0n) is 13.2. The molecule has 1 aliphatic heterocycles. The normalized spacial score (nSPS) is 21.4. The maximum absolute atomic E-state index is 12.2. The van der Waals surface area contributed by atoms with Gasteiger partial charge in [0.05, 0.1) is 5.92 Å². The van der Waals surface area contributed by atoms with E-state index < -0.39 is 5.54 Å². The van der Waals surface area contributed by atoms with Gasteiger partial charge in [0.1, 0.15) is 0 Å². The standard InChI is InChI=1S/C15H29N3O2/c1-5-11(2)14(20)18-8-6-7-12(9-18)13(19)17-10-15(3,4)16/h11-12H,5-10,16H2,1-4H3,(H,17,19). The molecule has 1 heterocycles. The number of nitrogens with zero attached hydrogens (tertiary/aromatic N) is 1. The Bertz CT molecular complexity index is 350. The number of piperidine rings is 1. The summed E-state index contributed by atoms with van der Waals surface area (Å²) in [5, 5.41) is 2.89. The Kier molecular flexibility index (Phi) is 5.99. The quantitative estimate of drug-likeness (QED) is 0.794. The molecule has 2 amide bonds. The average molecular weight is 283 g/mol. The Labute approximate surface area is 122 Å². The number of nitrogens with two attached hydrogens (primary N) is 1. The molecule has 1 aliphatic rings. The first-order valence-corrected chi connectivity index (χ1v) is 7.60. The Morgan fingerprint density at radius 1 is 1.45 bits per heavy atom. The summed E-state index contributed by atoms with van der Waals surface area (Å²) in [6.07, 6.45) is 2.58. The van der Waals surface area contributed by atoms with Gasteiger partial charge < -0.3 is 16.0 Å².